The van der Waals surface area contributed by atoms with Crippen molar-refractivity contribution in [3.05, 3.63) is 58.7 Å². The van der Waals surface area contributed by atoms with Gasteiger partial charge in [0.15, 0.2) is 17.2 Å². The van der Waals surface area contributed by atoms with E-state index in [-0.39, 0.29) is 5.76 Å². The maximum absolute atomic E-state index is 13.1. The molecule has 0 saturated carbocycles. The van der Waals surface area contributed by atoms with Crippen molar-refractivity contribution >= 4 is 22.8 Å². The minimum absolute atomic E-state index is 0.0877. The zero-order valence-electron chi connectivity index (χ0n) is 20.0. The van der Waals surface area contributed by atoms with Crippen molar-refractivity contribution < 1.29 is 23.4 Å². The standard InChI is InChI=1S/C24H27N5O5/c1-13-9-21(26-23-22(13)14(2)27-28(23)3)29(25)24(30)18-8-7-15(34-18)10-17-19(32-5)11-16(31-4)12-20(17)33-6/h7-9,11-12H,10,25H2,1-6H3. The summed E-state index contributed by atoms with van der Waals surface area (Å²) in [4.78, 5) is 17.6. The number of rotatable bonds is 7. The highest BCUT2D eigenvalue weighted by Gasteiger charge is 2.23. The normalized spacial score (nSPS) is 11.0. The van der Waals surface area contributed by atoms with Gasteiger partial charge in [0.05, 0.1) is 27.0 Å². The molecule has 3 heterocycles. The van der Waals surface area contributed by atoms with Crippen molar-refractivity contribution in [2.45, 2.75) is 20.3 Å². The Labute approximate surface area is 196 Å². The van der Waals surface area contributed by atoms with Crippen LogP contribution in [0.3, 0.4) is 0 Å². The summed E-state index contributed by atoms with van der Waals surface area (Å²) in [6, 6.07) is 8.58. The number of fused-ring (bicyclic) bond motifs is 1. The SMILES string of the molecule is COc1cc(OC)c(Cc2ccc(C(=O)N(N)c3cc(C)c4c(C)nn(C)c4n3)o2)c(OC)c1. The molecular formula is C24H27N5O5. The fraction of sp³-hybridized carbons (Fsp3) is 0.292. The van der Waals surface area contributed by atoms with Crippen molar-refractivity contribution in [1.29, 1.82) is 0 Å². The third-order valence-corrected chi connectivity index (χ3v) is 5.66. The van der Waals surface area contributed by atoms with Gasteiger partial charge in [0.25, 0.3) is 0 Å². The summed E-state index contributed by atoms with van der Waals surface area (Å²) in [5, 5.41) is 6.32. The van der Waals surface area contributed by atoms with Gasteiger partial charge in [-0.15, -0.1) is 0 Å². The summed E-state index contributed by atoms with van der Waals surface area (Å²) in [5.74, 6) is 8.33. The largest absolute Gasteiger partial charge is 0.496 e. The van der Waals surface area contributed by atoms with Crippen molar-refractivity contribution in [3.63, 3.8) is 0 Å². The zero-order valence-corrected chi connectivity index (χ0v) is 20.0. The van der Waals surface area contributed by atoms with E-state index < -0.39 is 5.91 Å². The number of anilines is 1. The predicted molar refractivity (Wildman–Crippen MR) is 127 cm³/mol. The number of hydrogen-bond donors (Lipinski definition) is 1. The molecule has 3 aromatic heterocycles. The molecule has 1 aromatic carbocycles. The molecule has 10 heteroatoms. The second kappa shape index (κ2) is 9.06. The first-order chi connectivity index (χ1) is 16.3. The van der Waals surface area contributed by atoms with Crippen LogP contribution >= 0.6 is 0 Å². The Morgan fingerprint density at radius 1 is 1.09 bits per heavy atom. The van der Waals surface area contributed by atoms with Gasteiger partial charge in [-0.05, 0) is 37.6 Å². The summed E-state index contributed by atoms with van der Waals surface area (Å²) in [7, 11) is 6.50. The summed E-state index contributed by atoms with van der Waals surface area (Å²) in [5.41, 5.74) is 3.20. The van der Waals surface area contributed by atoms with Crippen LogP contribution in [-0.4, -0.2) is 42.0 Å². The molecule has 10 nitrogen and oxygen atoms in total. The number of aromatic nitrogens is 3. The first-order valence-electron chi connectivity index (χ1n) is 10.5. The summed E-state index contributed by atoms with van der Waals surface area (Å²) < 4.78 is 23.8. The van der Waals surface area contributed by atoms with E-state index in [0.717, 1.165) is 27.2 Å². The molecular weight excluding hydrogens is 438 g/mol. The zero-order chi connectivity index (χ0) is 24.6. The molecule has 0 aliphatic heterocycles. The molecule has 0 spiro atoms. The lowest BCUT2D eigenvalue weighted by molar-refractivity contribution is 0.0958. The third kappa shape index (κ3) is 4.03. The Bertz CT molecular complexity index is 1350. The molecule has 0 saturated heterocycles. The van der Waals surface area contributed by atoms with E-state index in [2.05, 4.69) is 10.1 Å². The van der Waals surface area contributed by atoms with Crippen molar-refractivity contribution in [3.8, 4) is 17.2 Å². The van der Waals surface area contributed by atoms with Crippen LogP contribution in [0.15, 0.2) is 34.7 Å². The summed E-state index contributed by atoms with van der Waals surface area (Å²) in [6.45, 7) is 3.85. The lowest BCUT2D eigenvalue weighted by Crippen LogP contribution is -2.38. The highest BCUT2D eigenvalue weighted by molar-refractivity contribution is 6.03. The number of benzene rings is 1. The second-order valence-electron chi connectivity index (χ2n) is 7.83. The van der Waals surface area contributed by atoms with Gasteiger partial charge in [-0.3, -0.25) is 9.48 Å². The van der Waals surface area contributed by atoms with E-state index >= 15 is 0 Å². The Morgan fingerprint density at radius 2 is 1.76 bits per heavy atom. The molecule has 0 fully saturated rings. The molecule has 1 amide bonds. The van der Waals surface area contributed by atoms with Crippen molar-refractivity contribution in [1.82, 2.24) is 14.8 Å². The number of furan rings is 1. The van der Waals surface area contributed by atoms with Gasteiger partial charge >= 0.3 is 5.91 Å². The number of aryl methyl sites for hydroxylation is 3. The molecule has 2 N–H and O–H groups in total. The van der Waals surface area contributed by atoms with Gasteiger partial charge in [-0.25, -0.2) is 15.8 Å². The quantitative estimate of drug-likeness (QED) is 0.251. The number of ether oxygens (including phenoxy) is 3. The van der Waals surface area contributed by atoms with Gasteiger partial charge in [0.2, 0.25) is 0 Å². The number of hydrazine groups is 1. The van der Waals surface area contributed by atoms with Crippen molar-refractivity contribution in [2.75, 3.05) is 26.3 Å². The highest BCUT2D eigenvalue weighted by atomic mass is 16.5. The number of pyridine rings is 1. The fourth-order valence-electron chi connectivity index (χ4n) is 4.00. The van der Waals surface area contributed by atoms with Gasteiger partial charge in [0.1, 0.15) is 23.0 Å². The molecule has 0 aliphatic rings. The van der Waals surface area contributed by atoms with E-state index in [1.54, 1.807) is 63.4 Å². The minimum Gasteiger partial charge on any atom is -0.496 e. The van der Waals surface area contributed by atoms with Crippen molar-refractivity contribution in [2.24, 2.45) is 12.9 Å². The monoisotopic (exact) mass is 465 g/mol. The number of hydrogen-bond acceptors (Lipinski definition) is 8. The van der Waals surface area contributed by atoms with Gasteiger partial charge in [0, 0.05) is 36.6 Å². The molecule has 178 valence electrons. The maximum Gasteiger partial charge on any atom is 0.309 e. The average Bonchev–Trinajstić information content (AvgIpc) is 3.42. The maximum atomic E-state index is 13.1. The van der Waals surface area contributed by atoms with Gasteiger partial charge in [-0.2, -0.15) is 5.10 Å². The van der Waals surface area contributed by atoms with Crippen LogP contribution in [0.2, 0.25) is 0 Å². The second-order valence-corrected chi connectivity index (χ2v) is 7.83. The minimum atomic E-state index is -0.523. The molecule has 34 heavy (non-hydrogen) atoms. The van der Waals surface area contributed by atoms with Crippen LogP contribution in [0.1, 0.15) is 33.1 Å². The van der Waals surface area contributed by atoms with Gasteiger partial charge in [-0.1, -0.05) is 0 Å². The average molecular weight is 466 g/mol. The summed E-state index contributed by atoms with van der Waals surface area (Å²) in [6.07, 6.45) is 0.339. The van der Waals surface area contributed by atoms with Crippen LogP contribution in [0.5, 0.6) is 17.2 Å². The molecule has 0 atom stereocenters. The summed E-state index contributed by atoms with van der Waals surface area (Å²) >= 11 is 0. The van der Waals surface area contributed by atoms with E-state index in [4.69, 9.17) is 24.5 Å². The Kier molecular flexibility index (Phi) is 6.16. The van der Waals surface area contributed by atoms with Crippen LogP contribution < -0.4 is 25.1 Å². The number of nitrogens with two attached hydrogens (primary N) is 1. The Balaban J connectivity index is 1.61. The Hall–Kier alpha value is -4.05. The Morgan fingerprint density at radius 3 is 2.38 bits per heavy atom. The number of carbonyl (C=O) groups is 1. The number of amides is 1. The van der Waals surface area contributed by atoms with Gasteiger partial charge < -0.3 is 18.6 Å². The molecule has 0 aliphatic carbocycles. The van der Waals surface area contributed by atoms with E-state index in [9.17, 15) is 4.79 Å². The number of carbonyl (C=O) groups excluding carboxylic acids is 1. The van der Waals surface area contributed by atoms with E-state index in [0.29, 0.717) is 40.9 Å². The van der Waals surface area contributed by atoms with E-state index in [1.807, 2.05) is 13.8 Å². The molecule has 0 bridgehead atoms. The van der Waals surface area contributed by atoms with Crippen LogP contribution in [-0.2, 0) is 13.5 Å². The molecule has 0 unspecified atom stereocenters. The van der Waals surface area contributed by atoms with Crippen LogP contribution in [0.4, 0.5) is 5.82 Å². The van der Waals surface area contributed by atoms with Crippen LogP contribution in [0.25, 0.3) is 11.0 Å². The molecule has 4 rings (SSSR count). The number of nitrogens with zero attached hydrogens (tertiary/aromatic N) is 4. The lowest BCUT2D eigenvalue weighted by atomic mass is 10.1. The number of methoxy groups -OCH3 is 3. The predicted octanol–water partition coefficient (Wildman–Crippen LogP) is 3.32. The first-order valence-corrected chi connectivity index (χ1v) is 10.5. The van der Waals surface area contributed by atoms with E-state index in [1.165, 1.54) is 0 Å². The smallest absolute Gasteiger partial charge is 0.309 e. The highest BCUT2D eigenvalue weighted by Crippen LogP contribution is 2.36. The van der Waals surface area contributed by atoms with Crippen LogP contribution in [0, 0.1) is 13.8 Å². The molecule has 0 radical (unpaired) electrons. The fourth-order valence-corrected chi connectivity index (χ4v) is 4.00. The molecule has 4 aromatic rings. The first kappa shape index (κ1) is 23.1. The lowest BCUT2D eigenvalue weighted by Gasteiger charge is -2.15. The topological polar surface area (TPSA) is 118 Å². The third-order valence-electron chi connectivity index (χ3n) is 5.66.